The van der Waals surface area contributed by atoms with E-state index < -0.39 is 5.82 Å². The zero-order valence-electron chi connectivity index (χ0n) is 21.0. The Balaban J connectivity index is 1.39. The first-order valence-electron chi connectivity index (χ1n) is 12.5. The van der Waals surface area contributed by atoms with E-state index in [4.69, 9.17) is 28.6 Å². The van der Waals surface area contributed by atoms with E-state index in [9.17, 15) is 4.39 Å². The summed E-state index contributed by atoms with van der Waals surface area (Å²) < 4.78 is 22.0. The number of nitrogens with one attached hydrogen (secondary N) is 1. The van der Waals surface area contributed by atoms with Crippen LogP contribution >= 0.6 is 23.8 Å². The molecule has 1 saturated heterocycles. The lowest BCUT2D eigenvalue weighted by molar-refractivity contribution is 0.482. The van der Waals surface area contributed by atoms with Crippen LogP contribution in [0, 0.1) is 12.7 Å². The Morgan fingerprint density at radius 3 is 2.31 bits per heavy atom. The third kappa shape index (κ3) is 4.99. The lowest BCUT2D eigenvalue weighted by Crippen LogP contribution is -2.30. The van der Waals surface area contributed by atoms with Crippen molar-refractivity contribution < 1.29 is 9.13 Å². The highest BCUT2D eigenvalue weighted by Crippen LogP contribution is 2.43. The summed E-state index contributed by atoms with van der Waals surface area (Å²) in [6.45, 7) is 2.04. The van der Waals surface area contributed by atoms with Gasteiger partial charge in [0.1, 0.15) is 23.4 Å². The lowest BCUT2D eigenvalue weighted by atomic mass is 10.0. The molecule has 1 fully saturated rings. The van der Waals surface area contributed by atoms with Crippen LogP contribution in [0.3, 0.4) is 0 Å². The van der Waals surface area contributed by atoms with Crippen LogP contribution in [0.15, 0.2) is 109 Å². The lowest BCUT2D eigenvalue weighted by Gasteiger charge is -2.29. The summed E-state index contributed by atoms with van der Waals surface area (Å²) in [7, 11) is 0. The SMILES string of the molecule is Cc1ccc(Oc2ccc(N3C(=S)NC(c4ccccn4)C3c3cccn3-c3ccc(F)c(Cl)c3)cc2)cc1. The number of aryl methyl sites for hydroxylation is 1. The van der Waals surface area contributed by atoms with Gasteiger partial charge in [-0.05, 0) is 98.0 Å². The van der Waals surface area contributed by atoms with Gasteiger partial charge in [-0.3, -0.25) is 4.98 Å². The van der Waals surface area contributed by atoms with E-state index in [1.54, 1.807) is 18.3 Å². The van der Waals surface area contributed by atoms with Crippen LogP contribution in [0.25, 0.3) is 5.69 Å². The standard InChI is InChI=1S/C31H24ClFN4OS/c1-20-7-12-23(13-8-20)38-24-14-9-21(10-15-24)37-30(29(35-31(37)39)27-5-2-3-17-34-27)28-6-4-18-36(28)22-11-16-26(33)25(32)19-22/h2-19,29-30H,1H3,(H,35,39). The molecule has 0 bridgehead atoms. The molecule has 1 aliphatic heterocycles. The highest BCUT2D eigenvalue weighted by atomic mass is 35.5. The fourth-order valence-corrected chi connectivity index (χ4v) is 5.38. The van der Waals surface area contributed by atoms with Crippen LogP contribution in [0.2, 0.25) is 5.02 Å². The Hall–Kier alpha value is -4.20. The molecule has 194 valence electrons. The Morgan fingerprint density at radius 2 is 1.62 bits per heavy atom. The van der Waals surface area contributed by atoms with Crippen molar-refractivity contribution in [2.24, 2.45) is 0 Å². The molecule has 3 aromatic carbocycles. The number of hydrogen-bond donors (Lipinski definition) is 1. The second-order valence-corrected chi connectivity index (χ2v) is 10.1. The van der Waals surface area contributed by atoms with Crippen molar-refractivity contribution in [2.45, 2.75) is 19.0 Å². The maximum Gasteiger partial charge on any atom is 0.174 e. The van der Waals surface area contributed by atoms with Gasteiger partial charge in [0.25, 0.3) is 0 Å². The fourth-order valence-electron chi connectivity index (χ4n) is 4.86. The van der Waals surface area contributed by atoms with Crippen LogP contribution in [-0.4, -0.2) is 14.7 Å². The molecule has 3 heterocycles. The van der Waals surface area contributed by atoms with E-state index in [-0.39, 0.29) is 17.1 Å². The average Bonchev–Trinajstić information content (AvgIpc) is 3.57. The molecule has 5 aromatic rings. The van der Waals surface area contributed by atoms with Crippen molar-refractivity contribution >= 4 is 34.6 Å². The normalized spacial score (nSPS) is 16.8. The second-order valence-electron chi connectivity index (χ2n) is 9.31. The maximum atomic E-state index is 14.0. The van der Waals surface area contributed by atoms with Gasteiger partial charge in [-0.25, -0.2) is 4.39 Å². The summed E-state index contributed by atoms with van der Waals surface area (Å²) >= 11 is 12.0. The molecule has 1 aliphatic rings. The number of anilines is 1. The van der Waals surface area contributed by atoms with Crippen molar-refractivity contribution in [1.82, 2.24) is 14.9 Å². The Bertz CT molecular complexity index is 1620. The summed E-state index contributed by atoms with van der Waals surface area (Å²) in [5.74, 6) is 1.04. The molecule has 6 rings (SSSR count). The van der Waals surface area contributed by atoms with Crippen LogP contribution in [0.4, 0.5) is 10.1 Å². The molecule has 0 radical (unpaired) electrons. The van der Waals surface area contributed by atoms with Crippen molar-refractivity contribution in [3.8, 4) is 17.2 Å². The first-order chi connectivity index (χ1) is 19.0. The van der Waals surface area contributed by atoms with Gasteiger partial charge in [-0.15, -0.1) is 0 Å². The highest BCUT2D eigenvalue weighted by molar-refractivity contribution is 7.80. The van der Waals surface area contributed by atoms with Crippen LogP contribution in [0.5, 0.6) is 11.5 Å². The number of rotatable bonds is 6. The predicted molar refractivity (Wildman–Crippen MR) is 156 cm³/mol. The number of pyridine rings is 1. The monoisotopic (exact) mass is 554 g/mol. The number of ether oxygens (including phenoxy) is 1. The maximum absolute atomic E-state index is 14.0. The zero-order valence-corrected chi connectivity index (χ0v) is 22.5. The zero-order chi connectivity index (χ0) is 26.9. The molecule has 39 heavy (non-hydrogen) atoms. The average molecular weight is 555 g/mol. The number of thiocarbonyl (C=S) groups is 1. The van der Waals surface area contributed by atoms with Crippen LogP contribution in [-0.2, 0) is 0 Å². The molecule has 2 unspecified atom stereocenters. The van der Waals surface area contributed by atoms with Crippen molar-refractivity contribution in [3.63, 3.8) is 0 Å². The molecule has 1 N–H and O–H groups in total. The van der Waals surface area contributed by atoms with Crippen LogP contribution in [0.1, 0.15) is 29.0 Å². The molecule has 0 spiro atoms. The third-order valence-electron chi connectivity index (χ3n) is 6.73. The Morgan fingerprint density at radius 1 is 0.897 bits per heavy atom. The van der Waals surface area contributed by atoms with Crippen molar-refractivity contribution in [1.29, 1.82) is 0 Å². The van der Waals surface area contributed by atoms with E-state index in [0.717, 1.165) is 34.3 Å². The molecule has 8 heteroatoms. The van der Waals surface area contributed by atoms with Gasteiger partial charge in [0, 0.05) is 29.5 Å². The Labute approximate surface area is 236 Å². The first kappa shape index (κ1) is 25.1. The van der Waals surface area contributed by atoms with Gasteiger partial charge >= 0.3 is 0 Å². The van der Waals surface area contributed by atoms with E-state index >= 15 is 0 Å². The molecule has 2 aromatic heterocycles. The number of halogens is 2. The summed E-state index contributed by atoms with van der Waals surface area (Å²) in [4.78, 5) is 6.71. The number of hydrogen-bond acceptors (Lipinski definition) is 3. The second kappa shape index (κ2) is 10.5. The van der Waals surface area contributed by atoms with Gasteiger partial charge < -0.3 is 19.5 Å². The van der Waals surface area contributed by atoms with E-state index in [2.05, 4.69) is 15.2 Å². The van der Waals surface area contributed by atoms with E-state index in [1.165, 1.54) is 11.6 Å². The smallest absolute Gasteiger partial charge is 0.174 e. The number of benzene rings is 3. The van der Waals surface area contributed by atoms with Gasteiger partial charge in [0.05, 0.1) is 16.8 Å². The Kier molecular flexibility index (Phi) is 6.77. The minimum Gasteiger partial charge on any atom is -0.457 e. The fraction of sp³-hybridized carbons (Fsp3) is 0.0968. The van der Waals surface area contributed by atoms with Gasteiger partial charge in [0.15, 0.2) is 5.11 Å². The number of aromatic nitrogens is 2. The van der Waals surface area contributed by atoms with Gasteiger partial charge in [0.2, 0.25) is 0 Å². The topological polar surface area (TPSA) is 42.3 Å². The first-order valence-corrected chi connectivity index (χ1v) is 13.2. The van der Waals surface area contributed by atoms with Crippen LogP contribution < -0.4 is 15.0 Å². The molecule has 0 amide bonds. The van der Waals surface area contributed by atoms with Crippen molar-refractivity contribution in [2.75, 3.05) is 4.90 Å². The van der Waals surface area contributed by atoms with Crippen molar-refractivity contribution in [3.05, 3.63) is 137 Å². The summed E-state index contributed by atoms with van der Waals surface area (Å²) in [6.07, 6.45) is 3.71. The molecule has 0 aliphatic carbocycles. The number of nitrogens with zero attached hydrogens (tertiary/aromatic N) is 3. The molecular weight excluding hydrogens is 531 g/mol. The molecular formula is C31H24ClFN4OS. The summed E-state index contributed by atoms with van der Waals surface area (Å²) in [6, 6.07) is 29.8. The minimum absolute atomic E-state index is 0.0644. The molecule has 2 atom stereocenters. The third-order valence-corrected chi connectivity index (χ3v) is 7.34. The summed E-state index contributed by atoms with van der Waals surface area (Å²) in [5.41, 5.74) is 4.63. The largest absolute Gasteiger partial charge is 0.457 e. The summed E-state index contributed by atoms with van der Waals surface area (Å²) in [5, 5.41) is 4.12. The quantitative estimate of drug-likeness (QED) is 0.216. The predicted octanol–water partition coefficient (Wildman–Crippen LogP) is 7.94. The van der Waals surface area contributed by atoms with E-state index in [1.807, 2.05) is 96.6 Å². The van der Waals surface area contributed by atoms with Gasteiger partial charge in [-0.1, -0.05) is 35.4 Å². The minimum atomic E-state index is -0.459. The highest BCUT2D eigenvalue weighted by Gasteiger charge is 2.42. The van der Waals surface area contributed by atoms with E-state index in [0.29, 0.717) is 5.11 Å². The van der Waals surface area contributed by atoms with Gasteiger partial charge in [-0.2, -0.15) is 0 Å². The molecule has 5 nitrogen and oxygen atoms in total. The molecule has 0 saturated carbocycles.